The van der Waals surface area contributed by atoms with Crippen molar-refractivity contribution in [3.8, 4) is 0 Å². The summed E-state index contributed by atoms with van der Waals surface area (Å²) in [5.41, 5.74) is 0. The molecular weight excluding hydrogens is 1430 g/mol. The molecule has 3 N–H and O–H groups in total. The number of phosphoric ester groups is 2. The first kappa shape index (κ1) is 104. The highest BCUT2D eigenvalue weighted by molar-refractivity contribution is 7.47. The molecule has 0 aromatic carbocycles. The maximum atomic E-state index is 13.1. The summed E-state index contributed by atoms with van der Waals surface area (Å²) in [5.74, 6) is -2.47. The summed E-state index contributed by atoms with van der Waals surface area (Å²) >= 11 is 0. The van der Waals surface area contributed by atoms with Crippen molar-refractivity contribution in [1.29, 1.82) is 0 Å². The molecule has 0 aliphatic carbocycles. The Kier molecular flexibility index (Phi) is 76.4. The van der Waals surface area contributed by atoms with Crippen molar-refractivity contribution in [3.05, 3.63) is 194 Å². The Morgan fingerprint density at radius 3 is 0.755 bits per heavy atom. The number of hydrogen-bond acceptors (Lipinski definition) is 15. The van der Waals surface area contributed by atoms with Gasteiger partial charge in [-0.3, -0.25) is 37.3 Å². The quantitative estimate of drug-likeness (QED) is 0.0169. The Labute approximate surface area is 666 Å². The highest BCUT2D eigenvalue weighted by Crippen LogP contribution is 2.45. The van der Waals surface area contributed by atoms with Gasteiger partial charge < -0.3 is 33.8 Å². The minimum absolute atomic E-state index is 0.0422. The monoisotopic (exact) mass is 1570 g/mol. The van der Waals surface area contributed by atoms with Gasteiger partial charge in [0.05, 0.1) is 26.4 Å². The number of carbonyl (C=O) groups excluding carboxylic acids is 4. The number of unbranched alkanes of at least 4 members (excludes halogenated alkanes) is 18. The van der Waals surface area contributed by atoms with Crippen LogP contribution < -0.4 is 0 Å². The zero-order chi connectivity index (χ0) is 80.3. The number of esters is 4. The predicted molar refractivity (Wildman–Crippen MR) is 454 cm³/mol. The first-order chi connectivity index (χ1) is 53.7. The van der Waals surface area contributed by atoms with Gasteiger partial charge in [-0.2, -0.15) is 0 Å². The van der Waals surface area contributed by atoms with E-state index < -0.39 is 97.5 Å². The van der Waals surface area contributed by atoms with Crippen LogP contribution in [0.1, 0.15) is 297 Å². The maximum absolute atomic E-state index is 13.1. The number of aliphatic hydroxyl groups excluding tert-OH is 1. The molecule has 0 saturated heterocycles. The fourth-order valence-corrected chi connectivity index (χ4v) is 11.7. The molecule has 110 heavy (non-hydrogen) atoms. The van der Waals surface area contributed by atoms with Crippen molar-refractivity contribution in [2.75, 3.05) is 39.6 Å². The minimum Gasteiger partial charge on any atom is -0.462 e. The normalized spacial score (nSPS) is 14.8. The number of hydrogen-bond donors (Lipinski definition) is 3. The second-order valence-electron chi connectivity index (χ2n) is 27.0. The Balaban J connectivity index is 5.60. The van der Waals surface area contributed by atoms with Crippen LogP contribution >= 0.6 is 15.6 Å². The average molecular weight is 1570 g/mol. The SMILES string of the molecule is CCCCC/C=C\C/C=C\C/C=C\C/C=C\C/C=C\CCC(=O)O[C@H](COC(=O)CCC/C=C\C/C=C\C/C=C\C/C=C\CCCCC)COP(=O)(O)OC[C@@H](O)COP(=O)(O)OC[C@@H](COC(=O)CCCCCCC/C=C\C/C=C\CCCCC)OC(=O)CC/C=C\C/C=C\C/C=C\C/C=C\C/C=C\CCCCC. The number of rotatable bonds is 76. The molecule has 0 spiro atoms. The van der Waals surface area contributed by atoms with E-state index in [0.29, 0.717) is 44.9 Å². The summed E-state index contributed by atoms with van der Waals surface area (Å²) in [4.78, 5) is 73.1. The highest BCUT2D eigenvalue weighted by atomic mass is 31.2. The number of phosphoric acid groups is 2. The van der Waals surface area contributed by atoms with Crippen LogP contribution in [0.15, 0.2) is 194 Å². The van der Waals surface area contributed by atoms with E-state index in [9.17, 15) is 43.2 Å². The molecule has 19 heteroatoms. The molecule has 17 nitrogen and oxygen atoms in total. The largest absolute Gasteiger partial charge is 0.472 e. The van der Waals surface area contributed by atoms with Gasteiger partial charge in [-0.25, -0.2) is 9.13 Å². The van der Waals surface area contributed by atoms with Crippen LogP contribution in [0.2, 0.25) is 0 Å². The molecule has 0 bridgehead atoms. The Hall–Kier alpha value is -6.10. The van der Waals surface area contributed by atoms with E-state index in [1.807, 2.05) is 48.6 Å². The summed E-state index contributed by atoms with van der Waals surface area (Å²) in [6.45, 7) is 4.50. The number of allylic oxidation sites excluding steroid dienone is 32. The van der Waals surface area contributed by atoms with Crippen molar-refractivity contribution in [1.82, 2.24) is 0 Å². The van der Waals surface area contributed by atoms with Crippen LogP contribution in [0.3, 0.4) is 0 Å². The lowest BCUT2D eigenvalue weighted by Gasteiger charge is -2.21. The van der Waals surface area contributed by atoms with Gasteiger partial charge in [0.2, 0.25) is 0 Å². The molecule has 5 atom stereocenters. The third-order valence-electron chi connectivity index (χ3n) is 16.5. The third-order valence-corrected chi connectivity index (χ3v) is 18.4. The van der Waals surface area contributed by atoms with E-state index in [0.717, 1.165) is 122 Å². The van der Waals surface area contributed by atoms with Crippen LogP contribution in [0.25, 0.3) is 0 Å². The average Bonchev–Trinajstić information content (AvgIpc) is 0.907. The Bertz CT molecular complexity index is 2850. The molecule has 2 unspecified atom stereocenters. The van der Waals surface area contributed by atoms with Crippen LogP contribution in [0, 0.1) is 0 Å². The molecule has 622 valence electrons. The van der Waals surface area contributed by atoms with Gasteiger partial charge in [0.25, 0.3) is 0 Å². The van der Waals surface area contributed by atoms with E-state index in [4.69, 9.17) is 37.0 Å². The van der Waals surface area contributed by atoms with Crippen molar-refractivity contribution in [2.45, 2.75) is 316 Å². The molecule has 0 aromatic rings. The van der Waals surface area contributed by atoms with E-state index >= 15 is 0 Å². The maximum Gasteiger partial charge on any atom is 0.472 e. The number of carbonyl (C=O) groups is 4. The first-order valence-electron chi connectivity index (χ1n) is 41.7. The topological polar surface area (TPSA) is 237 Å². The second kappa shape index (κ2) is 80.9. The van der Waals surface area contributed by atoms with Crippen molar-refractivity contribution < 1.29 is 80.2 Å². The highest BCUT2D eigenvalue weighted by Gasteiger charge is 2.30. The lowest BCUT2D eigenvalue weighted by Crippen LogP contribution is -2.30. The zero-order valence-electron chi connectivity index (χ0n) is 68.1. The summed E-state index contributed by atoms with van der Waals surface area (Å²) in [7, 11) is -10.1. The molecule has 0 saturated carbocycles. The van der Waals surface area contributed by atoms with E-state index in [2.05, 4.69) is 174 Å². The fourth-order valence-electron chi connectivity index (χ4n) is 10.1. The second-order valence-corrected chi connectivity index (χ2v) is 29.9. The van der Waals surface area contributed by atoms with E-state index in [1.54, 1.807) is 0 Å². The summed E-state index contributed by atoms with van der Waals surface area (Å²) in [6, 6.07) is 0. The molecule has 0 rings (SSSR count). The van der Waals surface area contributed by atoms with E-state index in [-0.39, 0.29) is 25.7 Å². The standard InChI is InChI=1S/C91H146O17P2/c1-5-9-13-17-21-25-29-33-37-40-42-45-49-53-57-61-65-69-73-77-90(95)107-86(81-101-88(93)75-71-67-63-59-55-51-47-36-32-28-24-20-16-12-8-4)83-105-109(97,98)103-79-85(92)80-104-110(99,100)106-84-87(82-102-89(94)76-72-68-64-60-56-52-48-44-39-35-31-27-23-19-15-11-7-3)108-91(96)78-74-70-66-62-58-54-50-46-43-41-38-34-30-26-22-18-14-10-6-2/h21-28,33-39,42-43,45-48,52-54,57-58,60,64-66,69-70,85-87,92H,5-20,29-32,40-41,44,49-51,55-56,59,61-63,67-68,71-84H2,1-4H3,(H,97,98)(H,99,100)/b25-21-,26-22-,27-23-,28-24-,37-33-,38-34-,39-35-,45-42-,46-43-,47-36-,52-48-,57-53-,58-54-,64-60-,69-65-,70-66-/t85-,86+,87+/m0/s1. The summed E-state index contributed by atoms with van der Waals surface area (Å²) in [6.07, 6.45) is 100. The van der Waals surface area contributed by atoms with Crippen LogP contribution in [-0.2, 0) is 65.4 Å². The molecular formula is C91H146O17P2. The van der Waals surface area contributed by atoms with Gasteiger partial charge in [-0.05, 0) is 173 Å². The van der Waals surface area contributed by atoms with Crippen LogP contribution in [-0.4, -0.2) is 96.7 Å². The van der Waals surface area contributed by atoms with Crippen LogP contribution in [0.4, 0.5) is 0 Å². The molecule has 0 fully saturated rings. The molecule has 0 aliphatic rings. The number of aliphatic hydroxyl groups is 1. The van der Waals surface area contributed by atoms with Gasteiger partial charge in [0, 0.05) is 25.7 Å². The lowest BCUT2D eigenvalue weighted by atomic mass is 10.1. The van der Waals surface area contributed by atoms with Gasteiger partial charge in [0.15, 0.2) is 12.2 Å². The predicted octanol–water partition coefficient (Wildman–Crippen LogP) is 24.9. The van der Waals surface area contributed by atoms with Gasteiger partial charge in [-0.1, -0.05) is 293 Å². The Morgan fingerprint density at radius 2 is 0.473 bits per heavy atom. The zero-order valence-corrected chi connectivity index (χ0v) is 69.9. The lowest BCUT2D eigenvalue weighted by molar-refractivity contribution is -0.161. The summed E-state index contributed by atoms with van der Waals surface area (Å²) in [5, 5.41) is 10.7. The van der Waals surface area contributed by atoms with E-state index in [1.165, 1.54) is 77.0 Å². The molecule has 0 aliphatic heterocycles. The van der Waals surface area contributed by atoms with Gasteiger partial charge >= 0.3 is 39.5 Å². The number of ether oxygens (including phenoxy) is 4. The molecule has 0 radical (unpaired) electrons. The first-order valence-corrected chi connectivity index (χ1v) is 44.7. The third kappa shape index (κ3) is 80.0. The van der Waals surface area contributed by atoms with Gasteiger partial charge in [0.1, 0.15) is 19.3 Å². The molecule has 0 aromatic heterocycles. The van der Waals surface area contributed by atoms with Crippen molar-refractivity contribution in [3.63, 3.8) is 0 Å². The Morgan fingerprint density at radius 1 is 0.255 bits per heavy atom. The van der Waals surface area contributed by atoms with Gasteiger partial charge in [-0.15, -0.1) is 0 Å². The van der Waals surface area contributed by atoms with Crippen molar-refractivity contribution in [2.24, 2.45) is 0 Å². The van der Waals surface area contributed by atoms with Crippen molar-refractivity contribution >= 4 is 39.5 Å². The molecule has 0 amide bonds. The minimum atomic E-state index is -5.03. The van der Waals surface area contributed by atoms with Crippen LogP contribution in [0.5, 0.6) is 0 Å². The summed E-state index contributed by atoms with van der Waals surface area (Å²) < 4.78 is 68.5. The molecule has 0 heterocycles. The fraction of sp³-hybridized carbons (Fsp3) is 0.604. The smallest absolute Gasteiger partial charge is 0.462 e.